The van der Waals surface area contributed by atoms with Crippen LogP contribution in [0.25, 0.3) is 0 Å². The van der Waals surface area contributed by atoms with Crippen LogP contribution in [0, 0.1) is 0 Å². The van der Waals surface area contributed by atoms with Crippen molar-refractivity contribution in [2.75, 3.05) is 13.2 Å². The highest BCUT2D eigenvalue weighted by atomic mass is 16.6. The maximum Gasteiger partial charge on any atom is 0.221 e. The van der Waals surface area contributed by atoms with E-state index in [1.807, 2.05) is 6.92 Å². The van der Waals surface area contributed by atoms with Crippen LogP contribution in [0.4, 0.5) is 0 Å². The summed E-state index contributed by atoms with van der Waals surface area (Å²) in [6.07, 6.45) is -4.73. The largest absolute Gasteiger partial charge is 0.394 e. The molecular weight excluding hydrogens is 254 g/mol. The molecule has 4 N–H and O–H groups in total. The molecule has 0 aliphatic carbocycles. The van der Waals surface area contributed by atoms with Gasteiger partial charge in [-0.05, 0) is 6.42 Å². The van der Waals surface area contributed by atoms with Crippen molar-refractivity contribution in [3.05, 3.63) is 0 Å². The first-order chi connectivity index (χ1) is 8.93. The number of rotatable bonds is 5. The zero-order chi connectivity index (χ0) is 14.6. The highest BCUT2D eigenvalue weighted by Gasteiger charge is 2.46. The second-order valence-corrected chi connectivity index (χ2v) is 4.79. The van der Waals surface area contributed by atoms with Crippen LogP contribution >= 0.6 is 0 Å². The number of carbonyl (C=O) groups excluding carboxylic acids is 1. The van der Waals surface area contributed by atoms with E-state index in [1.165, 1.54) is 11.8 Å². The molecule has 1 aliphatic heterocycles. The van der Waals surface area contributed by atoms with Crippen molar-refractivity contribution in [3.8, 4) is 0 Å². The summed E-state index contributed by atoms with van der Waals surface area (Å²) < 4.78 is 5.35. The molecule has 1 amide bonds. The molecule has 7 nitrogen and oxygen atoms in total. The van der Waals surface area contributed by atoms with Crippen molar-refractivity contribution in [3.63, 3.8) is 0 Å². The summed E-state index contributed by atoms with van der Waals surface area (Å²) in [5.74, 6) is -0.294. The van der Waals surface area contributed by atoms with Gasteiger partial charge in [0.1, 0.15) is 24.4 Å². The van der Waals surface area contributed by atoms with Crippen LogP contribution in [0.2, 0.25) is 0 Å². The van der Waals surface area contributed by atoms with Gasteiger partial charge in [0.25, 0.3) is 0 Å². The second-order valence-electron chi connectivity index (χ2n) is 4.79. The molecule has 0 aromatic rings. The molecular formula is C12H23NO6. The quantitative estimate of drug-likeness (QED) is 0.483. The van der Waals surface area contributed by atoms with Crippen LogP contribution in [0.1, 0.15) is 26.7 Å². The Kier molecular flexibility index (Phi) is 6.15. The summed E-state index contributed by atoms with van der Waals surface area (Å²) in [7, 11) is 0. The predicted octanol–water partition coefficient (Wildman–Crippen LogP) is -1.57. The summed E-state index contributed by atoms with van der Waals surface area (Å²) in [6, 6.07) is 0. The molecule has 7 heteroatoms. The first-order valence-electron chi connectivity index (χ1n) is 6.51. The smallest absolute Gasteiger partial charge is 0.221 e. The van der Waals surface area contributed by atoms with Crippen molar-refractivity contribution in [2.45, 2.75) is 57.3 Å². The maximum atomic E-state index is 11.6. The van der Waals surface area contributed by atoms with E-state index in [1.54, 1.807) is 0 Å². The average molecular weight is 277 g/mol. The van der Waals surface area contributed by atoms with Gasteiger partial charge in [0.2, 0.25) is 5.91 Å². The average Bonchev–Trinajstić information content (AvgIpc) is 2.38. The van der Waals surface area contributed by atoms with Crippen molar-refractivity contribution < 1.29 is 30.0 Å². The van der Waals surface area contributed by atoms with Crippen LogP contribution in [0.5, 0.6) is 0 Å². The fourth-order valence-corrected chi connectivity index (χ4v) is 2.13. The van der Waals surface area contributed by atoms with Crippen LogP contribution in [-0.4, -0.2) is 75.0 Å². The van der Waals surface area contributed by atoms with E-state index in [0.29, 0.717) is 6.54 Å². The number of amides is 1. The van der Waals surface area contributed by atoms with Crippen LogP contribution in [0.15, 0.2) is 0 Å². The Morgan fingerprint density at radius 3 is 2.32 bits per heavy atom. The molecule has 112 valence electrons. The van der Waals surface area contributed by atoms with Gasteiger partial charge in [-0.25, -0.2) is 0 Å². The topological polar surface area (TPSA) is 110 Å². The molecule has 5 unspecified atom stereocenters. The lowest BCUT2D eigenvalue weighted by Gasteiger charge is -2.44. The molecule has 19 heavy (non-hydrogen) atoms. The summed E-state index contributed by atoms with van der Waals surface area (Å²) in [6.45, 7) is 3.19. The van der Waals surface area contributed by atoms with Crippen molar-refractivity contribution in [1.82, 2.24) is 4.90 Å². The summed E-state index contributed by atoms with van der Waals surface area (Å²) in [5, 5.41) is 38.4. The standard InChI is InChI=1S/C12H23NO6/c1-3-4-5-13(7(2)15)12-11(18)10(17)9(16)8(6-14)19-12/h8-12,14,16-18H,3-6H2,1-2H3. The van der Waals surface area contributed by atoms with E-state index in [-0.39, 0.29) is 5.91 Å². The first-order valence-corrected chi connectivity index (χ1v) is 6.51. The lowest BCUT2D eigenvalue weighted by molar-refractivity contribution is -0.262. The summed E-state index contributed by atoms with van der Waals surface area (Å²) in [4.78, 5) is 12.9. The van der Waals surface area contributed by atoms with Gasteiger partial charge in [-0.2, -0.15) is 0 Å². The minimum absolute atomic E-state index is 0.294. The van der Waals surface area contributed by atoms with Gasteiger partial charge in [0, 0.05) is 13.5 Å². The number of nitrogens with zero attached hydrogens (tertiary/aromatic N) is 1. The fraction of sp³-hybridized carbons (Fsp3) is 0.917. The second kappa shape index (κ2) is 7.16. The Morgan fingerprint density at radius 2 is 1.84 bits per heavy atom. The van der Waals surface area contributed by atoms with E-state index in [0.717, 1.165) is 12.8 Å². The van der Waals surface area contributed by atoms with E-state index < -0.39 is 37.3 Å². The third-order valence-electron chi connectivity index (χ3n) is 3.33. The fourth-order valence-electron chi connectivity index (χ4n) is 2.13. The van der Waals surface area contributed by atoms with Crippen molar-refractivity contribution in [2.24, 2.45) is 0 Å². The van der Waals surface area contributed by atoms with Gasteiger partial charge >= 0.3 is 0 Å². The summed E-state index contributed by atoms with van der Waals surface area (Å²) >= 11 is 0. The number of aliphatic hydroxyl groups excluding tert-OH is 4. The van der Waals surface area contributed by atoms with Crippen LogP contribution in [0.3, 0.4) is 0 Å². The first kappa shape index (κ1) is 16.3. The van der Waals surface area contributed by atoms with E-state index >= 15 is 0 Å². The van der Waals surface area contributed by atoms with Crippen LogP contribution in [-0.2, 0) is 9.53 Å². The zero-order valence-electron chi connectivity index (χ0n) is 11.3. The van der Waals surface area contributed by atoms with Gasteiger partial charge in [-0.15, -0.1) is 0 Å². The lowest BCUT2D eigenvalue weighted by atomic mass is 9.97. The van der Waals surface area contributed by atoms with E-state index in [9.17, 15) is 20.1 Å². The molecule has 1 saturated heterocycles. The van der Waals surface area contributed by atoms with Crippen molar-refractivity contribution in [1.29, 1.82) is 0 Å². The highest BCUT2D eigenvalue weighted by molar-refractivity contribution is 5.73. The Bertz CT molecular complexity index is 298. The predicted molar refractivity (Wildman–Crippen MR) is 66.1 cm³/mol. The number of aliphatic hydroxyl groups is 4. The third kappa shape index (κ3) is 3.64. The SMILES string of the molecule is CCCCN(C(C)=O)C1OC(CO)C(O)C(O)C1O. The molecule has 0 aromatic heterocycles. The molecule has 0 saturated carbocycles. The van der Waals surface area contributed by atoms with Gasteiger partial charge in [0.15, 0.2) is 6.23 Å². The van der Waals surface area contributed by atoms with E-state index in [4.69, 9.17) is 9.84 Å². The molecule has 5 atom stereocenters. The van der Waals surface area contributed by atoms with Gasteiger partial charge in [0.05, 0.1) is 6.61 Å². The Hall–Kier alpha value is -0.730. The van der Waals surface area contributed by atoms with Crippen LogP contribution < -0.4 is 0 Å². The molecule has 1 heterocycles. The maximum absolute atomic E-state index is 11.6. The number of hydrogen-bond acceptors (Lipinski definition) is 6. The molecule has 0 bridgehead atoms. The Labute approximate surface area is 112 Å². The highest BCUT2D eigenvalue weighted by Crippen LogP contribution is 2.24. The number of hydrogen-bond donors (Lipinski definition) is 4. The van der Waals surface area contributed by atoms with Gasteiger partial charge in [-0.3, -0.25) is 4.79 Å². The number of unbranched alkanes of at least 4 members (excludes halogenated alkanes) is 1. The molecule has 1 aliphatic rings. The normalized spacial score (nSPS) is 35.2. The monoisotopic (exact) mass is 277 g/mol. The van der Waals surface area contributed by atoms with E-state index in [2.05, 4.69) is 0 Å². The number of ether oxygens (including phenoxy) is 1. The third-order valence-corrected chi connectivity index (χ3v) is 3.33. The minimum Gasteiger partial charge on any atom is -0.394 e. The Morgan fingerprint density at radius 1 is 1.21 bits per heavy atom. The molecule has 0 spiro atoms. The molecule has 1 fully saturated rings. The van der Waals surface area contributed by atoms with Gasteiger partial charge in [-0.1, -0.05) is 13.3 Å². The molecule has 0 aromatic carbocycles. The molecule has 0 radical (unpaired) electrons. The minimum atomic E-state index is -1.46. The lowest BCUT2D eigenvalue weighted by Crippen LogP contribution is -2.64. The van der Waals surface area contributed by atoms with Crippen molar-refractivity contribution >= 4 is 5.91 Å². The van der Waals surface area contributed by atoms with Gasteiger partial charge < -0.3 is 30.1 Å². The number of carbonyl (C=O) groups is 1. The zero-order valence-corrected chi connectivity index (χ0v) is 11.3. The Balaban J connectivity index is 2.85. The summed E-state index contributed by atoms with van der Waals surface area (Å²) in [5.41, 5.74) is 0. The molecule has 1 rings (SSSR count).